The van der Waals surface area contributed by atoms with E-state index in [1.165, 1.54) is 0 Å². The molecule has 1 N–H and O–H groups in total. The minimum absolute atomic E-state index is 0.0590. The molecule has 0 saturated heterocycles. The van der Waals surface area contributed by atoms with Crippen LogP contribution in [0.15, 0.2) is 42.7 Å². The van der Waals surface area contributed by atoms with Gasteiger partial charge in [0.25, 0.3) is 0 Å². The second kappa shape index (κ2) is 5.38. The van der Waals surface area contributed by atoms with Gasteiger partial charge in [-0.1, -0.05) is 23.2 Å². The Labute approximate surface area is 114 Å². The topological polar surface area (TPSA) is 45.9 Å². The van der Waals surface area contributed by atoms with E-state index in [9.17, 15) is 4.79 Å². The molecule has 2 rings (SSSR count). The molecular weight excluding hydrogens is 271 g/mol. The van der Waals surface area contributed by atoms with E-state index in [-0.39, 0.29) is 12.3 Å². The highest BCUT2D eigenvalue weighted by Gasteiger charge is 2.08. The third-order valence-corrected chi connectivity index (χ3v) is 3.20. The lowest BCUT2D eigenvalue weighted by Crippen LogP contribution is -2.12. The maximum atomic E-state index is 12.0. The molecule has 0 saturated carbocycles. The molecule has 1 heterocycles. The van der Waals surface area contributed by atoms with E-state index in [0.717, 1.165) is 0 Å². The largest absolute Gasteiger partial charge is 0.346 e. The lowest BCUT2D eigenvalue weighted by atomic mass is 10.1. The fourth-order valence-corrected chi connectivity index (χ4v) is 1.79. The fraction of sp³-hybridized carbons (Fsp3) is 0.0769. The summed E-state index contributed by atoms with van der Waals surface area (Å²) in [7, 11) is 0. The first kappa shape index (κ1) is 12.9. The Balaban J connectivity index is 2.19. The lowest BCUT2D eigenvalue weighted by molar-refractivity contribution is 0.0972. The van der Waals surface area contributed by atoms with Crippen molar-refractivity contribution in [1.29, 1.82) is 5.41 Å². The summed E-state index contributed by atoms with van der Waals surface area (Å²) in [4.78, 5) is 12.0. The molecule has 5 heteroatoms. The van der Waals surface area contributed by atoms with E-state index in [4.69, 9.17) is 28.6 Å². The average Bonchev–Trinajstić information content (AvgIpc) is 2.35. The van der Waals surface area contributed by atoms with E-state index in [0.29, 0.717) is 21.0 Å². The Bertz CT molecular complexity index is 629. The number of ketones is 1. The van der Waals surface area contributed by atoms with E-state index in [1.54, 1.807) is 47.3 Å². The highest BCUT2D eigenvalue weighted by Crippen LogP contribution is 2.22. The van der Waals surface area contributed by atoms with E-state index in [2.05, 4.69) is 0 Å². The van der Waals surface area contributed by atoms with Gasteiger partial charge in [-0.3, -0.25) is 4.79 Å². The molecule has 0 aliphatic heterocycles. The van der Waals surface area contributed by atoms with Crippen molar-refractivity contribution in [2.24, 2.45) is 0 Å². The van der Waals surface area contributed by atoms with Crippen LogP contribution in [0.4, 0.5) is 0 Å². The van der Waals surface area contributed by atoms with Crippen LogP contribution in [0.2, 0.25) is 10.0 Å². The minimum Gasteiger partial charge on any atom is -0.346 e. The second-order valence-corrected chi connectivity index (χ2v) is 4.63. The number of carbonyl (C=O) groups is 1. The predicted molar refractivity (Wildman–Crippen MR) is 71.1 cm³/mol. The predicted octanol–water partition coefficient (Wildman–Crippen LogP) is 3.16. The van der Waals surface area contributed by atoms with Gasteiger partial charge >= 0.3 is 0 Å². The molecule has 3 nitrogen and oxygen atoms in total. The van der Waals surface area contributed by atoms with Crippen molar-refractivity contribution in [2.75, 3.05) is 0 Å². The van der Waals surface area contributed by atoms with Crippen LogP contribution in [-0.2, 0) is 6.54 Å². The van der Waals surface area contributed by atoms with Crippen LogP contribution in [0.3, 0.4) is 0 Å². The van der Waals surface area contributed by atoms with Crippen molar-refractivity contribution in [3.8, 4) is 0 Å². The maximum absolute atomic E-state index is 12.0. The zero-order valence-corrected chi connectivity index (χ0v) is 10.9. The molecular formula is C13H10Cl2N2O. The number of nitrogens with zero attached hydrogens (tertiary/aromatic N) is 1. The molecule has 0 aliphatic rings. The van der Waals surface area contributed by atoms with Crippen molar-refractivity contribution in [3.05, 3.63) is 63.7 Å². The first-order chi connectivity index (χ1) is 8.56. The van der Waals surface area contributed by atoms with Crippen molar-refractivity contribution in [3.63, 3.8) is 0 Å². The molecule has 0 spiro atoms. The Morgan fingerprint density at radius 3 is 2.39 bits per heavy atom. The SMILES string of the molecule is N=c1ccn(CC(=O)c2ccc(Cl)c(Cl)c2)cc1. The van der Waals surface area contributed by atoms with Crippen LogP contribution in [0.1, 0.15) is 10.4 Å². The van der Waals surface area contributed by atoms with Gasteiger partial charge in [-0.05, 0) is 30.3 Å². The molecule has 1 aromatic heterocycles. The van der Waals surface area contributed by atoms with Gasteiger partial charge in [-0.15, -0.1) is 0 Å². The quantitative estimate of drug-likeness (QED) is 0.863. The van der Waals surface area contributed by atoms with Gasteiger partial charge in [0.15, 0.2) is 5.78 Å². The van der Waals surface area contributed by atoms with Crippen LogP contribution in [0.5, 0.6) is 0 Å². The summed E-state index contributed by atoms with van der Waals surface area (Å²) in [6.07, 6.45) is 3.38. The van der Waals surface area contributed by atoms with Crippen LogP contribution in [-0.4, -0.2) is 10.4 Å². The smallest absolute Gasteiger partial charge is 0.182 e. The molecule has 92 valence electrons. The fourth-order valence-electron chi connectivity index (χ4n) is 1.49. The molecule has 0 radical (unpaired) electrons. The van der Waals surface area contributed by atoms with Crippen molar-refractivity contribution in [1.82, 2.24) is 4.57 Å². The number of pyridine rings is 1. The summed E-state index contributed by atoms with van der Waals surface area (Å²) in [5.41, 5.74) is 0.520. The number of carbonyl (C=O) groups excluding carboxylic acids is 1. The summed E-state index contributed by atoms with van der Waals surface area (Å²) in [5.74, 6) is -0.0590. The molecule has 1 aromatic carbocycles. The molecule has 0 aliphatic carbocycles. The van der Waals surface area contributed by atoms with E-state index in [1.807, 2.05) is 0 Å². The van der Waals surface area contributed by atoms with Crippen LogP contribution in [0, 0.1) is 5.41 Å². The van der Waals surface area contributed by atoms with Gasteiger partial charge in [0.1, 0.15) is 0 Å². The van der Waals surface area contributed by atoms with Crippen molar-refractivity contribution in [2.45, 2.75) is 6.54 Å². The summed E-state index contributed by atoms with van der Waals surface area (Å²) in [6, 6.07) is 8.07. The second-order valence-electron chi connectivity index (χ2n) is 3.81. The normalized spacial score (nSPS) is 10.3. The van der Waals surface area contributed by atoms with Crippen LogP contribution >= 0.6 is 23.2 Å². The zero-order valence-electron chi connectivity index (χ0n) is 9.36. The highest BCUT2D eigenvalue weighted by molar-refractivity contribution is 6.42. The van der Waals surface area contributed by atoms with Gasteiger partial charge < -0.3 is 9.98 Å². The number of benzene rings is 1. The Kier molecular flexibility index (Phi) is 3.84. The number of hydrogen-bond acceptors (Lipinski definition) is 2. The minimum atomic E-state index is -0.0590. The molecule has 0 atom stereocenters. The zero-order chi connectivity index (χ0) is 13.1. The molecule has 0 bridgehead atoms. The molecule has 0 unspecified atom stereocenters. The van der Waals surface area contributed by atoms with E-state index < -0.39 is 0 Å². The third kappa shape index (κ3) is 3.00. The third-order valence-electron chi connectivity index (χ3n) is 2.46. The monoisotopic (exact) mass is 280 g/mol. The van der Waals surface area contributed by atoms with Gasteiger partial charge in [0.2, 0.25) is 0 Å². The summed E-state index contributed by atoms with van der Waals surface area (Å²) in [6.45, 7) is 0.207. The number of aromatic nitrogens is 1. The van der Waals surface area contributed by atoms with Crippen LogP contribution < -0.4 is 5.36 Å². The lowest BCUT2D eigenvalue weighted by Gasteiger charge is -2.06. The van der Waals surface area contributed by atoms with Gasteiger partial charge in [0, 0.05) is 18.0 Å². The average molecular weight is 281 g/mol. The standard InChI is InChI=1S/C13H10Cl2N2O/c14-11-2-1-9(7-12(11)15)13(18)8-17-5-3-10(16)4-6-17/h1-7,16H,8H2. The Hall–Kier alpha value is -1.58. The van der Waals surface area contributed by atoms with Gasteiger partial charge in [-0.25, -0.2) is 0 Å². The summed E-state index contributed by atoms with van der Waals surface area (Å²) < 4.78 is 1.71. The Morgan fingerprint density at radius 1 is 1.11 bits per heavy atom. The maximum Gasteiger partial charge on any atom is 0.182 e. The number of rotatable bonds is 3. The first-order valence-corrected chi connectivity index (χ1v) is 6.01. The van der Waals surface area contributed by atoms with Gasteiger partial charge in [-0.2, -0.15) is 0 Å². The van der Waals surface area contributed by atoms with Gasteiger partial charge in [0.05, 0.1) is 21.9 Å². The number of nitrogens with one attached hydrogen (secondary N) is 1. The van der Waals surface area contributed by atoms with Crippen molar-refractivity contribution >= 4 is 29.0 Å². The number of hydrogen-bond donors (Lipinski definition) is 1. The number of Topliss-reactive ketones (excluding diaryl/α,β-unsaturated/α-hetero) is 1. The van der Waals surface area contributed by atoms with Crippen molar-refractivity contribution < 1.29 is 4.79 Å². The first-order valence-electron chi connectivity index (χ1n) is 5.25. The summed E-state index contributed by atoms with van der Waals surface area (Å²) in [5, 5.41) is 8.57. The molecule has 0 fully saturated rings. The summed E-state index contributed by atoms with van der Waals surface area (Å²) >= 11 is 11.7. The molecule has 0 amide bonds. The molecule has 18 heavy (non-hydrogen) atoms. The van der Waals surface area contributed by atoms with E-state index >= 15 is 0 Å². The Morgan fingerprint density at radius 2 is 1.78 bits per heavy atom. The number of halogens is 2. The van der Waals surface area contributed by atoms with Crippen LogP contribution in [0.25, 0.3) is 0 Å². The highest BCUT2D eigenvalue weighted by atomic mass is 35.5. The molecule has 2 aromatic rings.